The lowest BCUT2D eigenvalue weighted by Crippen LogP contribution is -2.49. The third-order valence-corrected chi connectivity index (χ3v) is 6.63. The number of ether oxygens (including phenoxy) is 1. The summed E-state index contributed by atoms with van der Waals surface area (Å²) in [7, 11) is 1.31. The van der Waals surface area contributed by atoms with E-state index in [0.717, 1.165) is 36.9 Å². The van der Waals surface area contributed by atoms with Crippen LogP contribution in [0.1, 0.15) is 75.7 Å². The lowest BCUT2D eigenvalue weighted by atomic mass is 9.80. The van der Waals surface area contributed by atoms with E-state index >= 15 is 0 Å². The molecule has 0 saturated heterocycles. The predicted molar refractivity (Wildman–Crippen MR) is 125 cm³/mol. The van der Waals surface area contributed by atoms with Gasteiger partial charge in [-0.1, -0.05) is 39.2 Å². The minimum atomic E-state index is -0.546. The standard InChI is InChI=1S/C25H37N3O4/c1-17(2)28(20-9-7-6-8-10-20)22(29)18-11-12-19-16-25(3,4)23(30)27(21(19)15-18)14-13-26-24(31)32-5/h11-12,15,17,20H,6-10,13-14,16H2,1-5H3,(H,26,31). The number of benzene rings is 1. The first kappa shape index (κ1) is 24.1. The van der Waals surface area contributed by atoms with Crippen LogP contribution in [-0.4, -0.2) is 55.1 Å². The van der Waals surface area contributed by atoms with Gasteiger partial charge in [0.2, 0.25) is 5.91 Å². The zero-order valence-corrected chi connectivity index (χ0v) is 20.1. The molecule has 0 atom stereocenters. The molecule has 3 rings (SSSR count). The molecule has 0 unspecified atom stereocenters. The maximum atomic E-state index is 13.6. The highest BCUT2D eigenvalue weighted by Crippen LogP contribution is 2.38. The Balaban J connectivity index is 1.90. The molecule has 1 aliphatic heterocycles. The van der Waals surface area contributed by atoms with Gasteiger partial charge in [-0.3, -0.25) is 9.59 Å². The zero-order valence-electron chi connectivity index (χ0n) is 20.1. The topological polar surface area (TPSA) is 79.0 Å². The Kier molecular flexibility index (Phi) is 7.47. The van der Waals surface area contributed by atoms with Gasteiger partial charge in [-0.2, -0.15) is 0 Å². The highest BCUT2D eigenvalue weighted by Gasteiger charge is 2.39. The van der Waals surface area contributed by atoms with Crippen LogP contribution in [0.15, 0.2) is 18.2 Å². The van der Waals surface area contributed by atoms with Crippen LogP contribution in [-0.2, 0) is 16.0 Å². The van der Waals surface area contributed by atoms with Crippen molar-refractivity contribution < 1.29 is 19.1 Å². The summed E-state index contributed by atoms with van der Waals surface area (Å²) < 4.78 is 4.63. The van der Waals surface area contributed by atoms with Gasteiger partial charge in [0.05, 0.1) is 7.11 Å². The third kappa shape index (κ3) is 5.08. The Bertz CT molecular complexity index is 859. The number of anilines is 1. The summed E-state index contributed by atoms with van der Waals surface area (Å²) in [6.45, 7) is 8.59. The molecule has 1 aromatic carbocycles. The van der Waals surface area contributed by atoms with Gasteiger partial charge in [-0.05, 0) is 50.8 Å². The van der Waals surface area contributed by atoms with E-state index in [2.05, 4.69) is 23.9 Å². The minimum Gasteiger partial charge on any atom is -0.453 e. The van der Waals surface area contributed by atoms with Crippen LogP contribution in [0.25, 0.3) is 0 Å². The average molecular weight is 444 g/mol. The Labute approximate surface area is 191 Å². The lowest BCUT2D eigenvalue weighted by molar-refractivity contribution is -0.127. The van der Waals surface area contributed by atoms with Gasteiger partial charge in [-0.25, -0.2) is 4.79 Å². The Hall–Kier alpha value is -2.57. The molecule has 2 aliphatic rings. The second kappa shape index (κ2) is 9.92. The molecule has 0 bridgehead atoms. The van der Waals surface area contributed by atoms with Crippen LogP contribution in [0.2, 0.25) is 0 Å². The van der Waals surface area contributed by atoms with E-state index in [-0.39, 0.29) is 30.4 Å². The third-order valence-electron chi connectivity index (χ3n) is 6.63. The minimum absolute atomic E-state index is 0.00531. The molecule has 1 aliphatic carbocycles. The van der Waals surface area contributed by atoms with Gasteiger partial charge in [0.25, 0.3) is 5.91 Å². The smallest absolute Gasteiger partial charge is 0.406 e. The van der Waals surface area contributed by atoms with Crippen molar-refractivity contribution >= 4 is 23.6 Å². The van der Waals surface area contributed by atoms with Crippen molar-refractivity contribution in [1.29, 1.82) is 0 Å². The molecule has 0 spiro atoms. The van der Waals surface area contributed by atoms with E-state index in [9.17, 15) is 14.4 Å². The molecule has 0 aromatic heterocycles. The highest BCUT2D eigenvalue weighted by molar-refractivity contribution is 6.02. The molecule has 1 saturated carbocycles. The highest BCUT2D eigenvalue weighted by atomic mass is 16.5. The molecule has 7 heteroatoms. The first-order valence-corrected chi connectivity index (χ1v) is 11.7. The average Bonchev–Trinajstić information content (AvgIpc) is 2.76. The van der Waals surface area contributed by atoms with E-state index in [1.807, 2.05) is 36.9 Å². The summed E-state index contributed by atoms with van der Waals surface area (Å²) in [5.41, 5.74) is 1.87. The summed E-state index contributed by atoms with van der Waals surface area (Å²) in [6.07, 6.45) is 5.75. The van der Waals surface area contributed by atoms with Gasteiger partial charge in [0.1, 0.15) is 0 Å². The molecule has 0 radical (unpaired) electrons. The number of fused-ring (bicyclic) bond motifs is 1. The first-order chi connectivity index (χ1) is 15.2. The first-order valence-electron chi connectivity index (χ1n) is 11.7. The van der Waals surface area contributed by atoms with Crippen molar-refractivity contribution in [2.45, 2.75) is 78.3 Å². The van der Waals surface area contributed by atoms with E-state index in [0.29, 0.717) is 18.5 Å². The largest absolute Gasteiger partial charge is 0.453 e. The van der Waals surface area contributed by atoms with Crippen molar-refractivity contribution in [1.82, 2.24) is 10.2 Å². The number of rotatable bonds is 6. The molecule has 3 amide bonds. The summed E-state index contributed by atoms with van der Waals surface area (Å²) >= 11 is 0. The van der Waals surface area contributed by atoms with Crippen LogP contribution in [0.4, 0.5) is 10.5 Å². The summed E-state index contributed by atoms with van der Waals surface area (Å²) in [5.74, 6) is 0.0221. The van der Waals surface area contributed by atoms with Gasteiger partial charge in [0.15, 0.2) is 0 Å². The summed E-state index contributed by atoms with van der Waals surface area (Å²) in [4.78, 5) is 42.0. The second-order valence-electron chi connectivity index (χ2n) is 9.88. The molecule has 176 valence electrons. The van der Waals surface area contributed by atoms with Crippen LogP contribution in [0.3, 0.4) is 0 Å². The van der Waals surface area contributed by atoms with Gasteiger partial charge in [-0.15, -0.1) is 0 Å². The summed E-state index contributed by atoms with van der Waals surface area (Å²) in [5, 5.41) is 2.64. The zero-order chi connectivity index (χ0) is 23.5. The van der Waals surface area contributed by atoms with Crippen LogP contribution < -0.4 is 10.2 Å². The van der Waals surface area contributed by atoms with Crippen molar-refractivity contribution in [3.05, 3.63) is 29.3 Å². The van der Waals surface area contributed by atoms with Crippen molar-refractivity contribution in [2.75, 3.05) is 25.1 Å². The van der Waals surface area contributed by atoms with E-state index in [1.165, 1.54) is 13.5 Å². The van der Waals surface area contributed by atoms with E-state index < -0.39 is 11.5 Å². The van der Waals surface area contributed by atoms with Crippen molar-refractivity contribution in [2.24, 2.45) is 5.41 Å². The number of methoxy groups -OCH3 is 1. The lowest BCUT2D eigenvalue weighted by Gasteiger charge is -2.40. The molecule has 1 fully saturated rings. The van der Waals surface area contributed by atoms with E-state index in [1.54, 1.807) is 4.90 Å². The summed E-state index contributed by atoms with van der Waals surface area (Å²) in [6, 6.07) is 6.13. The van der Waals surface area contributed by atoms with Gasteiger partial charge >= 0.3 is 6.09 Å². The number of alkyl carbamates (subject to hydrolysis) is 1. The fourth-order valence-electron chi connectivity index (χ4n) is 5.02. The SMILES string of the molecule is COC(=O)NCCN1C(=O)C(C)(C)Cc2ccc(C(=O)N(C(C)C)C3CCCCC3)cc21. The van der Waals surface area contributed by atoms with Crippen LogP contribution >= 0.6 is 0 Å². The second-order valence-corrected chi connectivity index (χ2v) is 9.88. The maximum absolute atomic E-state index is 13.6. The normalized spacial score (nSPS) is 18.3. The van der Waals surface area contributed by atoms with Crippen LogP contribution in [0.5, 0.6) is 0 Å². The fraction of sp³-hybridized carbons (Fsp3) is 0.640. The molecule has 1 N–H and O–H groups in total. The Morgan fingerprint density at radius 3 is 2.53 bits per heavy atom. The molecule has 1 aromatic rings. The number of carbonyl (C=O) groups excluding carboxylic acids is 3. The van der Waals surface area contributed by atoms with Crippen LogP contribution in [0, 0.1) is 5.41 Å². The Morgan fingerprint density at radius 2 is 1.91 bits per heavy atom. The van der Waals surface area contributed by atoms with Gasteiger partial charge in [0, 0.05) is 41.8 Å². The maximum Gasteiger partial charge on any atom is 0.406 e. The fourth-order valence-corrected chi connectivity index (χ4v) is 5.02. The van der Waals surface area contributed by atoms with Crippen molar-refractivity contribution in [3.8, 4) is 0 Å². The Morgan fingerprint density at radius 1 is 1.22 bits per heavy atom. The van der Waals surface area contributed by atoms with Crippen molar-refractivity contribution in [3.63, 3.8) is 0 Å². The monoisotopic (exact) mass is 443 g/mol. The number of hydrogen-bond acceptors (Lipinski definition) is 4. The quantitative estimate of drug-likeness (QED) is 0.717. The number of nitrogens with one attached hydrogen (secondary N) is 1. The number of amides is 3. The number of nitrogens with zero attached hydrogens (tertiary/aromatic N) is 2. The van der Waals surface area contributed by atoms with Gasteiger partial charge < -0.3 is 19.9 Å². The van der Waals surface area contributed by atoms with E-state index in [4.69, 9.17) is 0 Å². The molecular weight excluding hydrogens is 406 g/mol. The molecule has 32 heavy (non-hydrogen) atoms. The molecule has 1 heterocycles. The molecule has 7 nitrogen and oxygen atoms in total. The number of carbonyl (C=O) groups is 3. The molecular formula is C25H37N3O4. The predicted octanol–water partition coefficient (Wildman–Crippen LogP) is 4.14. The number of hydrogen-bond donors (Lipinski definition) is 1.